The highest BCUT2D eigenvalue weighted by molar-refractivity contribution is 5.96. The second-order valence-electron chi connectivity index (χ2n) is 6.31. The van der Waals surface area contributed by atoms with E-state index in [1.807, 2.05) is 0 Å². The molecule has 3 aromatic carbocycles. The van der Waals surface area contributed by atoms with Crippen LogP contribution < -0.4 is 10.5 Å². The summed E-state index contributed by atoms with van der Waals surface area (Å²) >= 11 is 0. The zero-order valence-corrected chi connectivity index (χ0v) is 16.7. The predicted octanol–water partition coefficient (Wildman–Crippen LogP) is 3.94. The van der Waals surface area contributed by atoms with Crippen LogP contribution in [0, 0.1) is 0 Å². The van der Waals surface area contributed by atoms with Gasteiger partial charge in [-0.15, -0.1) is 0 Å². The molecule has 0 aromatic heterocycles. The smallest absolute Gasteiger partial charge is 0.475 e. The van der Waals surface area contributed by atoms with Crippen molar-refractivity contribution in [2.24, 2.45) is 5.73 Å². The average molecular weight is 449 g/mol. The molecule has 0 atom stereocenters. The van der Waals surface area contributed by atoms with Crippen LogP contribution in [0.25, 0.3) is 10.8 Å². The number of methoxy groups -OCH3 is 1. The van der Waals surface area contributed by atoms with E-state index in [0.29, 0.717) is 23.4 Å². The van der Waals surface area contributed by atoms with Gasteiger partial charge in [0.1, 0.15) is 5.75 Å². The molecule has 0 radical (unpaired) electrons. The Hall–Kier alpha value is -3.92. The molecule has 7 nitrogen and oxygen atoms in total. The zero-order valence-electron chi connectivity index (χ0n) is 16.7. The SMILES string of the molecule is COC(=O)c1ccc2cc(OC(=O)c3ccc(CN)cc3)ccc2c1.O=C(O)C(F)(F)F. The number of nitrogens with two attached hydrogens (primary N) is 1. The normalized spacial score (nSPS) is 10.7. The van der Waals surface area contributed by atoms with Crippen molar-refractivity contribution >= 4 is 28.7 Å². The van der Waals surface area contributed by atoms with E-state index in [1.54, 1.807) is 60.7 Å². The Kier molecular flexibility index (Phi) is 7.92. The van der Waals surface area contributed by atoms with Crippen molar-refractivity contribution < 1.29 is 42.1 Å². The van der Waals surface area contributed by atoms with Crippen molar-refractivity contribution in [1.82, 2.24) is 0 Å². The van der Waals surface area contributed by atoms with Gasteiger partial charge in [0.2, 0.25) is 0 Å². The van der Waals surface area contributed by atoms with E-state index in [2.05, 4.69) is 0 Å². The van der Waals surface area contributed by atoms with Gasteiger partial charge in [-0.2, -0.15) is 13.2 Å². The summed E-state index contributed by atoms with van der Waals surface area (Å²) in [7, 11) is 1.34. The Balaban J connectivity index is 0.000000451. The number of fused-ring (bicyclic) bond motifs is 1. The van der Waals surface area contributed by atoms with E-state index in [9.17, 15) is 22.8 Å². The minimum atomic E-state index is -5.08. The molecule has 32 heavy (non-hydrogen) atoms. The fraction of sp³-hybridized carbons (Fsp3) is 0.136. The molecule has 0 aliphatic heterocycles. The second kappa shape index (κ2) is 10.4. The number of aliphatic carboxylic acids is 1. The lowest BCUT2D eigenvalue weighted by Crippen LogP contribution is -2.21. The number of carbonyl (C=O) groups excluding carboxylic acids is 2. The Morgan fingerprint density at radius 1 is 0.875 bits per heavy atom. The molecule has 0 saturated carbocycles. The number of benzene rings is 3. The Morgan fingerprint density at radius 2 is 1.41 bits per heavy atom. The van der Waals surface area contributed by atoms with Crippen LogP contribution in [0.1, 0.15) is 26.3 Å². The van der Waals surface area contributed by atoms with Crippen LogP contribution >= 0.6 is 0 Å². The quantitative estimate of drug-likeness (QED) is 0.458. The molecule has 3 aromatic rings. The van der Waals surface area contributed by atoms with E-state index in [4.69, 9.17) is 25.1 Å². The van der Waals surface area contributed by atoms with Crippen molar-refractivity contribution in [2.45, 2.75) is 12.7 Å². The molecule has 3 rings (SSSR count). The number of carbonyl (C=O) groups is 3. The highest BCUT2D eigenvalue weighted by Gasteiger charge is 2.38. The fourth-order valence-electron chi connectivity index (χ4n) is 2.48. The zero-order chi connectivity index (χ0) is 23.9. The molecule has 0 fully saturated rings. The van der Waals surface area contributed by atoms with Crippen LogP contribution in [0.2, 0.25) is 0 Å². The number of carboxylic acid groups (broad SMARTS) is 1. The average Bonchev–Trinajstić information content (AvgIpc) is 2.78. The van der Waals surface area contributed by atoms with E-state index < -0.39 is 24.1 Å². The third-order valence-electron chi connectivity index (χ3n) is 4.11. The van der Waals surface area contributed by atoms with Gasteiger partial charge < -0.3 is 20.3 Å². The van der Waals surface area contributed by atoms with E-state index >= 15 is 0 Å². The van der Waals surface area contributed by atoms with Crippen LogP contribution in [0.5, 0.6) is 5.75 Å². The predicted molar refractivity (Wildman–Crippen MR) is 108 cm³/mol. The lowest BCUT2D eigenvalue weighted by Gasteiger charge is -2.07. The third kappa shape index (κ3) is 6.54. The first-order chi connectivity index (χ1) is 15.0. The Bertz CT molecular complexity index is 1130. The monoisotopic (exact) mass is 449 g/mol. The van der Waals surface area contributed by atoms with Gasteiger partial charge in [0.05, 0.1) is 18.2 Å². The number of hydrogen-bond donors (Lipinski definition) is 2. The summed E-state index contributed by atoms with van der Waals surface area (Å²) in [4.78, 5) is 32.7. The van der Waals surface area contributed by atoms with Gasteiger partial charge in [0.25, 0.3) is 0 Å². The molecule has 168 valence electrons. The molecule has 0 saturated heterocycles. The molecule has 0 heterocycles. The van der Waals surface area contributed by atoms with Gasteiger partial charge in [-0.05, 0) is 52.7 Å². The molecule has 0 aliphatic rings. The Morgan fingerprint density at radius 3 is 1.94 bits per heavy atom. The summed E-state index contributed by atoms with van der Waals surface area (Å²) in [6.45, 7) is 0.424. The van der Waals surface area contributed by atoms with Crippen LogP contribution in [0.15, 0.2) is 60.7 Å². The van der Waals surface area contributed by atoms with Crippen molar-refractivity contribution in [1.29, 1.82) is 0 Å². The van der Waals surface area contributed by atoms with Gasteiger partial charge in [0.15, 0.2) is 0 Å². The first kappa shape index (κ1) is 24.4. The van der Waals surface area contributed by atoms with Gasteiger partial charge in [-0.3, -0.25) is 0 Å². The summed E-state index contributed by atoms with van der Waals surface area (Å²) in [5, 5.41) is 8.84. The topological polar surface area (TPSA) is 116 Å². The first-order valence-corrected chi connectivity index (χ1v) is 8.98. The largest absolute Gasteiger partial charge is 0.490 e. The molecule has 10 heteroatoms. The number of ether oxygens (including phenoxy) is 2. The summed E-state index contributed by atoms with van der Waals surface area (Å²) in [6.07, 6.45) is -5.08. The summed E-state index contributed by atoms with van der Waals surface area (Å²) in [5.41, 5.74) is 7.42. The highest BCUT2D eigenvalue weighted by atomic mass is 19.4. The molecule has 0 bridgehead atoms. The number of rotatable bonds is 4. The van der Waals surface area contributed by atoms with Crippen molar-refractivity contribution in [2.75, 3.05) is 7.11 Å². The number of alkyl halides is 3. The maximum Gasteiger partial charge on any atom is 0.490 e. The lowest BCUT2D eigenvalue weighted by atomic mass is 10.1. The summed E-state index contributed by atoms with van der Waals surface area (Å²) in [5.74, 6) is -3.15. The van der Waals surface area contributed by atoms with Crippen LogP contribution in [-0.2, 0) is 16.1 Å². The minimum Gasteiger partial charge on any atom is -0.475 e. The molecule has 3 N–H and O–H groups in total. The Labute approximate surface area is 180 Å². The molecule has 0 amide bonds. The van der Waals surface area contributed by atoms with Crippen LogP contribution in [0.4, 0.5) is 13.2 Å². The number of carboxylic acids is 1. The second-order valence-corrected chi connectivity index (χ2v) is 6.31. The van der Waals surface area contributed by atoms with E-state index in [-0.39, 0.29) is 0 Å². The first-order valence-electron chi connectivity index (χ1n) is 8.98. The third-order valence-corrected chi connectivity index (χ3v) is 4.11. The molecule has 0 spiro atoms. The maximum absolute atomic E-state index is 12.2. The fourth-order valence-corrected chi connectivity index (χ4v) is 2.48. The molecule has 0 aliphatic carbocycles. The number of hydrogen-bond acceptors (Lipinski definition) is 6. The maximum atomic E-state index is 12.2. The van der Waals surface area contributed by atoms with Crippen LogP contribution in [0.3, 0.4) is 0 Å². The van der Waals surface area contributed by atoms with E-state index in [0.717, 1.165) is 16.3 Å². The summed E-state index contributed by atoms with van der Waals surface area (Å²) < 4.78 is 41.9. The summed E-state index contributed by atoms with van der Waals surface area (Å²) in [6, 6.07) is 17.4. The van der Waals surface area contributed by atoms with Gasteiger partial charge in [0, 0.05) is 6.54 Å². The minimum absolute atomic E-state index is 0.390. The van der Waals surface area contributed by atoms with Crippen molar-refractivity contribution in [3.63, 3.8) is 0 Å². The van der Waals surface area contributed by atoms with Gasteiger partial charge >= 0.3 is 24.1 Å². The standard InChI is InChI=1S/C20H17NO4.C2HF3O2/c1-24-19(22)17-7-6-16-11-18(9-8-15(16)10-17)25-20(23)14-4-2-13(12-21)3-5-14;3-2(4,5)1(6)7/h2-11H,12,21H2,1H3;(H,6,7). The number of halogens is 3. The molecule has 0 unspecified atom stereocenters. The van der Waals surface area contributed by atoms with Crippen molar-refractivity contribution in [3.8, 4) is 5.75 Å². The highest BCUT2D eigenvalue weighted by Crippen LogP contribution is 2.23. The lowest BCUT2D eigenvalue weighted by molar-refractivity contribution is -0.192. The number of esters is 2. The van der Waals surface area contributed by atoms with Crippen LogP contribution in [-0.4, -0.2) is 36.3 Å². The molecular weight excluding hydrogens is 431 g/mol. The van der Waals surface area contributed by atoms with Gasteiger partial charge in [-0.25, -0.2) is 14.4 Å². The van der Waals surface area contributed by atoms with Gasteiger partial charge in [-0.1, -0.05) is 24.3 Å². The van der Waals surface area contributed by atoms with Crippen molar-refractivity contribution in [3.05, 3.63) is 77.4 Å². The molecular formula is C22H18F3NO6. The van der Waals surface area contributed by atoms with E-state index in [1.165, 1.54) is 7.11 Å².